The van der Waals surface area contributed by atoms with Crippen LogP contribution < -0.4 is 10.6 Å². The third-order valence-electron chi connectivity index (χ3n) is 2.88. The van der Waals surface area contributed by atoms with E-state index in [9.17, 15) is 0 Å². The number of nitrogens with two attached hydrogens (primary N) is 1. The Morgan fingerprint density at radius 3 is 2.67 bits per heavy atom. The van der Waals surface area contributed by atoms with E-state index in [0.29, 0.717) is 6.54 Å². The summed E-state index contributed by atoms with van der Waals surface area (Å²) in [7, 11) is 0. The Balaban J connectivity index is 2.36. The molecule has 0 atom stereocenters. The summed E-state index contributed by atoms with van der Waals surface area (Å²) in [4.78, 5) is 1.83. The minimum atomic E-state index is 0.110. The first-order valence-corrected chi connectivity index (χ1v) is 4.89. The Bertz CT molecular complexity index is 555. The fourth-order valence-corrected chi connectivity index (χ4v) is 2.22. The second-order valence-electron chi connectivity index (χ2n) is 3.76. The summed E-state index contributed by atoms with van der Waals surface area (Å²) in [6, 6.07) is 12.3. The highest BCUT2D eigenvalue weighted by Gasteiger charge is 2.22. The van der Waals surface area contributed by atoms with Crippen molar-refractivity contribution < 1.29 is 0 Å². The van der Waals surface area contributed by atoms with Crippen LogP contribution in [-0.2, 0) is 6.54 Å². The first-order chi connectivity index (χ1) is 7.27. The lowest BCUT2D eigenvalue weighted by atomic mass is 10.1. The monoisotopic (exact) mass is 197 g/mol. The van der Waals surface area contributed by atoms with E-state index < -0.39 is 0 Å². The van der Waals surface area contributed by atoms with E-state index >= 15 is 0 Å². The van der Waals surface area contributed by atoms with E-state index in [0.717, 1.165) is 5.69 Å². The van der Waals surface area contributed by atoms with Gasteiger partial charge < -0.3 is 10.6 Å². The minimum Gasteiger partial charge on any atom is -0.370 e. The largest absolute Gasteiger partial charge is 0.370 e. The maximum atomic E-state index is 7.53. The van der Waals surface area contributed by atoms with Gasteiger partial charge in [-0.15, -0.1) is 0 Å². The molecule has 0 radical (unpaired) electrons. The normalized spacial score (nSPS) is 13.5. The van der Waals surface area contributed by atoms with Crippen molar-refractivity contribution >= 4 is 22.4 Å². The topological polar surface area (TPSA) is 53.1 Å². The zero-order chi connectivity index (χ0) is 10.4. The van der Waals surface area contributed by atoms with Crippen molar-refractivity contribution in [2.24, 2.45) is 5.73 Å². The molecule has 74 valence electrons. The molecule has 0 spiro atoms. The Morgan fingerprint density at radius 2 is 1.93 bits per heavy atom. The zero-order valence-corrected chi connectivity index (χ0v) is 8.20. The molecule has 0 bridgehead atoms. The van der Waals surface area contributed by atoms with Crippen molar-refractivity contribution in [3.8, 4) is 0 Å². The molecule has 2 aromatic rings. The van der Waals surface area contributed by atoms with E-state index in [1.54, 1.807) is 0 Å². The second kappa shape index (κ2) is 2.73. The number of anilines is 1. The summed E-state index contributed by atoms with van der Waals surface area (Å²) in [5, 5.41) is 9.98. The minimum absolute atomic E-state index is 0.110. The van der Waals surface area contributed by atoms with Crippen molar-refractivity contribution in [2.75, 3.05) is 4.90 Å². The lowest BCUT2D eigenvalue weighted by Crippen LogP contribution is -2.33. The van der Waals surface area contributed by atoms with Gasteiger partial charge in [0.15, 0.2) is 5.96 Å². The smallest absolute Gasteiger partial charge is 0.193 e. The average molecular weight is 197 g/mol. The summed E-state index contributed by atoms with van der Waals surface area (Å²) in [5.74, 6) is 0.110. The van der Waals surface area contributed by atoms with Gasteiger partial charge in [-0.2, -0.15) is 0 Å². The van der Waals surface area contributed by atoms with Gasteiger partial charge in [0, 0.05) is 5.39 Å². The summed E-state index contributed by atoms with van der Waals surface area (Å²) in [5.41, 5.74) is 7.86. The van der Waals surface area contributed by atoms with Gasteiger partial charge in [-0.3, -0.25) is 5.41 Å². The van der Waals surface area contributed by atoms with Crippen LogP contribution in [0.5, 0.6) is 0 Å². The highest BCUT2D eigenvalue weighted by molar-refractivity contribution is 6.08. The lowest BCUT2D eigenvalue weighted by Gasteiger charge is -2.16. The summed E-state index contributed by atoms with van der Waals surface area (Å²) in [6.45, 7) is 0.714. The molecule has 1 heterocycles. The molecule has 0 amide bonds. The van der Waals surface area contributed by atoms with Crippen molar-refractivity contribution in [3.05, 3.63) is 42.0 Å². The number of nitrogens with one attached hydrogen (secondary N) is 1. The highest BCUT2D eigenvalue weighted by Crippen LogP contribution is 2.36. The van der Waals surface area contributed by atoms with Gasteiger partial charge in [0.05, 0.1) is 12.2 Å². The van der Waals surface area contributed by atoms with Crippen LogP contribution in [0.4, 0.5) is 5.69 Å². The molecule has 0 unspecified atom stereocenters. The molecule has 1 aliphatic heterocycles. The SMILES string of the molecule is N=C(N)N1Cc2cccc3cccc1c23. The fraction of sp³-hybridized carbons (Fsp3) is 0.0833. The van der Waals surface area contributed by atoms with Crippen LogP contribution in [0.1, 0.15) is 5.56 Å². The molecule has 3 N–H and O–H groups in total. The molecule has 2 aromatic carbocycles. The van der Waals surface area contributed by atoms with Crippen LogP contribution in [-0.4, -0.2) is 5.96 Å². The molecule has 0 aliphatic carbocycles. The molecule has 3 heteroatoms. The van der Waals surface area contributed by atoms with E-state index in [1.807, 2.05) is 23.1 Å². The van der Waals surface area contributed by atoms with Crippen molar-refractivity contribution in [2.45, 2.75) is 6.54 Å². The standard InChI is InChI=1S/C12H11N3/c13-12(14)15-7-9-5-1-3-8-4-2-6-10(15)11(8)9/h1-6H,7H2,(H3,13,14). The van der Waals surface area contributed by atoms with Gasteiger partial charge in [0.2, 0.25) is 0 Å². The van der Waals surface area contributed by atoms with Crippen LogP contribution >= 0.6 is 0 Å². The van der Waals surface area contributed by atoms with E-state index in [2.05, 4.69) is 18.2 Å². The molecule has 0 saturated heterocycles. The molecule has 0 fully saturated rings. The first-order valence-electron chi connectivity index (χ1n) is 4.89. The van der Waals surface area contributed by atoms with Crippen LogP contribution in [0.2, 0.25) is 0 Å². The maximum Gasteiger partial charge on any atom is 0.193 e. The molecular formula is C12H11N3. The molecule has 0 saturated carbocycles. The van der Waals surface area contributed by atoms with Gasteiger partial charge >= 0.3 is 0 Å². The number of hydrogen-bond acceptors (Lipinski definition) is 1. The Kier molecular flexibility index (Phi) is 1.51. The van der Waals surface area contributed by atoms with Crippen LogP contribution in [0.25, 0.3) is 10.8 Å². The quantitative estimate of drug-likeness (QED) is 0.501. The third kappa shape index (κ3) is 1.03. The maximum absolute atomic E-state index is 7.53. The lowest BCUT2D eigenvalue weighted by molar-refractivity contribution is 1.03. The molecule has 1 aliphatic rings. The number of guanidine groups is 1. The van der Waals surface area contributed by atoms with Crippen molar-refractivity contribution in [1.29, 1.82) is 5.41 Å². The van der Waals surface area contributed by atoms with Gasteiger partial charge in [-0.25, -0.2) is 0 Å². The van der Waals surface area contributed by atoms with Crippen molar-refractivity contribution in [1.82, 2.24) is 0 Å². The summed E-state index contributed by atoms with van der Waals surface area (Å²) in [6.07, 6.45) is 0. The van der Waals surface area contributed by atoms with E-state index in [4.69, 9.17) is 11.1 Å². The molecule has 3 rings (SSSR count). The molecule has 3 nitrogen and oxygen atoms in total. The number of hydrogen-bond donors (Lipinski definition) is 2. The molecule has 15 heavy (non-hydrogen) atoms. The van der Waals surface area contributed by atoms with Gasteiger partial charge in [0.1, 0.15) is 0 Å². The Hall–Kier alpha value is -2.03. The number of benzene rings is 2. The highest BCUT2D eigenvalue weighted by atomic mass is 15.2. The molecule has 0 aromatic heterocycles. The van der Waals surface area contributed by atoms with E-state index in [-0.39, 0.29) is 5.96 Å². The van der Waals surface area contributed by atoms with Crippen LogP contribution in [0, 0.1) is 5.41 Å². The Morgan fingerprint density at radius 1 is 1.20 bits per heavy atom. The first kappa shape index (κ1) is 8.29. The van der Waals surface area contributed by atoms with Crippen molar-refractivity contribution in [3.63, 3.8) is 0 Å². The number of rotatable bonds is 0. The fourth-order valence-electron chi connectivity index (χ4n) is 2.22. The molecular weight excluding hydrogens is 186 g/mol. The van der Waals surface area contributed by atoms with Gasteiger partial charge in [0.25, 0.3) is 0 Å². The Labute approximate surface area is 87.6 Å². The third-order valence-corrected chi connectivity index (χ3v) is 2.88. The predicted molar refractivity (Wildman–Crippen MR) is 62.0 cm³/mol. The van der Waals surface area contributed by atoms with Crippen LogP contribution in [0.3, 0.4) is 0 Å². The summed E-state index contributed by atoms with van der Waals surface area (Å²) < 4.78 is 0. The van der Waals surface area contributed by atoms with Gasteiger partial charge in [-0.1, -0.05) is 30.3 Å². The van der Waals surface area contributed by atoms with Crippen LogP contribution in [0.15, 0.2) is 36.4 Å². The van der Waals surface area contributed by atoms with Gasteiger partial charge in [-0.05, 0) is 17.0 Å². The zero-order valence-electron chi connectivity index (χ0n) is 8.20. The number of nitrogens with zero attached hydrogens (tertiary/aromatic N) is 1. The summed E-state index contributed by atoms with van der Waals surface area (Å²) >= 11 is 0. The van der Waals surface area contributed by atoms with E-state index in [1.165, 1.54) is 16.3 Å². The average Bonchev–Trinajstić information content (AvgIpc) is 2.61. The second-order valence-corrected chi connectivity index (χ2v) is 3.76. The predicted octanol–water partition coefficient (Wildman–Crippen LogP) is 2.05.